The lowest BCUT2D eigenvalue weighted by Crippen LogP contribution is -2.25. The van der Waals surface area contributed by atoms with Gasteiger partial charge in [0.05, 0.1) is 33.1 Å². The molecule has 0 amide bonds. The first-order chi connectivity index (χ1) is 24.6. The third-order valence-corrected chi connectivity index (χ3v) is 12.6. The molecular formula is C45H42O4S2+2. The average Bonchev–Trinajstić information content (AvgIpc) is 3.14. The standard InChI is InChI=1S/C45H42O4S2/c1-32(2)43(46)48-35-20-28-41(29-21-35)50(37-12-8-6-9-13-37)39-24-16-33(17-25-39)34-18-26-40(27-19-34)51(38-14-10-7-11-15-38)42-30-22-36(23-31-42)49-44(47)45(3,4)5/h6-32H,1-5H3/q+2. The number of carbonyl (C=O) groups excluding carboxylic acids is 2. The normalized spacial score (nSPS) is 12.6. The van der Waals surface area contributed by atoms with Gasteiger partial charge in [0.25, 0.3) is 0 Å². The van der Waals surface area contributed by atoms with Crippen LogP contribution in [0.4, 0.5) is 0 Å². The van der Waals surface area contributed by atoms with Crippen LogP contribution >= 0.6 is 0 Å². The van der Waals surface area contributed by atoms with Crippen LogP contribution in [0, 0.1) is 11.3 Å². The highest BCUT2D eigenvalue weighted by Gasteiger charge is 2.31. The van der Waals surface area contributed by atoms with Gasteiger partial charge in [0, 0.05) is 0 Å². The van der Waals surface area contributed by atoms with E-state index in [1.165, 1.54) is 19.6 Å². The Kier molecular flexibility index (Phi) is 11.1. The molecular weight excluding hydrogens is 669 g/mol. The van der Waals surface area contributed by atoms with E-state index in [9.17, 15) is 9.59 Å². The second kappa shape index (κ2) is 15.9. The van der Waals surface area contributed by atoms with E-state index in [1.807, 2.05) is 71.0 Å². The van der Waals surface area contributed by atoms with Crippen molar-refractivity contribution >= 4 is 33.7 Å². The van der Waals surface area contributed by atoms with Crippen molar-refractivity contribution in [2.24, 2.45) is 11.3 Å². The highest BCUT2D eigenvalue weighted by molar-refractivity contribution is 7.97. The predicted molar refractivity (Wildman–Crippen MR) is 208 cm³/mol. The Labute approximate surface area is 307 Å². The van der Waals surface area contributed by atoms with Gasteiger partial charge < -0.3 is 9.47 Å². The fourth-order valence-electron chi connectivity index (χ4n) is 5.28. The molecule has 0 aliphatic rings. The van der Waals surface area contributed by atoms with Crippen LogP contribution in [0.5, 0.6) is 11.5 Å². The van der Waals surface area contributed by atoms with Crippen molar-refractivity contribution in [1.82, 2.24) is 0 Å². The molecule has 0 bridgehead atoms. The molecule has 0 saturated heterocycles. The molecule has 6 heteroatoms. The first-order valence-corrected chi connectivity index (χ1v) is 19.4. The molecule has 0 saturated carbocycles. The van der Waals surface area contributed by atoms with Crippen molar-refractivity contribution in [3.8, 4) is 22.6 Å². The Morgan fingerprint density at radius 3 is 1.10 bits per heavy atom. The van der Waals surface area contributed by atoms with Crippen LogP contribution in [0.1, 0.15) is 34.6 Å². The molecule has 0 aromatic heterocycles. The van der Waals surface area contributed by atoms with Gasteiger partial charge in [0.15, 0.2) is 29.4 Å². The van der Waals surface area contributed by atoms with Crippen molar-refractivity contribution < 1.29 is 19.1 Å². The summed E-state index contributed by atoms with van der Waals surface area (Å²) in [5.41, 5.74) is 1.71. The van der Waals surface area contributed by atoms with Crippen molar-refractivity contribution in [3.63, 3.8) is 0 Å². The van der Waals surface area contributed by atoms with Gasteiger partial charge in [-0.25, -0.2) is 0 Å². The van der Waals surface area contributed by atoms with Crippen LogP contribution in [-0.2, 0) is 31.4 Å². The molecule has 0 aliphatic carbocycles. The molecule has 4 nitrogen and oxygen atoms in total. The third-order valence-electron chi connectivity index (χ3n) is 8.10. The number of benzene rings is 6. The van der Waals surface area contributed by atoms with E-state index < -0.39 is 5.41 Å². The zero-order valence-corrected chi connectivity index (χ0v) is 31.2. The van der Waals surface area contributed by atoms with Crippen LogP contribution < -0.4 is 9.47 Å². The van der Waals surface area contributed by atoms with E-state index in [2.05, 4.69) is 121 Å². The molecule has 2 atom stereocenters. The number of esters is 2. The summed E-state index contributed by atoms with van der Waals surface area (Å²) in [6.07, 6.45) is 0. The fourth-order valence-corrected chi connectivity index (χ4v) is 9.40. The second-order valence-corrected chi connectivity index (χ2v) is 17.5. The number of carbonyl (C=O) groups is 2. The maximum Gasteiger partial charge on any atom is 0.316 e. The van der Waals surface area contributed by atoms with Gasteiger partial charge in [-0.1, -0.05) is 50.2 Å². The van der Waals surface area contributed by atoms with E-state index in [0.717, 1.165) is 20.9 Å². The molecule has 0 spiro atoms. The van der Waals surface area contributed by atoms with Gasteiger partial charge in [-0.15, -0.1) is 0 Å². The third kappa shape index (κ3) is 8.83. The number of hydrogen-bond donors (Lipinski definition) is 0. The van der Waals surface area contributed by atoms with Gasteiger partial charge >= 0.3 is 11.9 Å². The molecule has 6 rings (SSSR count). The highest BCUT2D eigenvalue weighted by Crippen LogP contribution is 2.36. The minimum absolute atomic E-state index is 0.186. The first kappa shape index (κ1) is 35.8. The Morgan fingerprint density at radius 2 is 0.765 bits per heavy atom. The van der Waals surface area contributed by atoms with Gasteiger partial charge in [0.1, 0.15) is 11.5 Å². The Hall–Kier alpha value is -5.04. The van der Waals surface area contributed by atoms with Crippen LogP contribution in [-0.4, -0.2) is 11.9 Å². The van der Waals surface area contributed by atoms with Crippen molar-refractivity contribution in [2.75, 3.05) is 0 Å². The lowest BCUT2D eigenvalue weighted by atomic mass is 9.97. The fraction of sp³-hybridized carbons (Fsp3) is 0.156. The second-order valence-electron chi connectivity index (χ2n) is 13.4. The van der Waals surface area contributed by atoms with Crippen molar-refractivity contribution in [3.05, 3.63) is 158 Å². The zero-order valence-electron chi connectivity index (χ0n) is 29.5. The van der Waals surface area contributed by atoms with Crippen molar-refractivity contribution in [2.45, 2.75) is 64.0 Å². The molecule has 0 heterocycles. The topological polar surface area (TPSA) is 52.6 Å². The first-order valence-electron chi connectivity index (χ1n) is 17.0. The van der Waals surface area contributed by atoms with Gasteiger partial charge in [-0.3, -0.25) is 9.59 Å². The molecule has 0 fully saturated rings. The monoisotopic (exact) mass is 710 g/mol. The van der Waals surface area contributed by atoms with E-state index in [4.69, 9.17) is 9.47 Å². The quantitative estimate of drug-likeness (QED) is 0.0807. The van der Waals surface area contributed by atoms with E-state index in [-0.39, 0.29) is 39.6 Å². The summed E-state index contributed by atoms with van der Waals surface area (Å²) >= 11 is 0. The van der Waals surface area contributed by atoms with E-state index in [0.29, 0.717) is 11.5 Å². The summed E-state index contributed by atoms with van der Waals surface area (Å²) in [4.78, 5) is 31.7. The summed E-state index contributed by atoms with van der Waals surface area (Å²) in [7, 11) is -0.682. The number of ether oxygens (including phenoxy) is 2. The maximum absolute atomic E-state index is 12.5. The molecule has 0 aliphatic heterocycles. The van der Waals surface area contributed by atoms with E-state index >= 15 is 0 Å². The molecule has 51 heavy (non-hydrogen) atoms. The molecule has 0 N–H and O–H groups in total. The van der Waals surface area contributed by atoms with Crippen LogP contribution in [0.25, 0.3) is 11.1 Å². The van der Waals surface area contributed by atoms with Gasteiger partial charge in [-0.2, -0.15) is 0 Å². The highest BCUT2D eigenvalue weighted by atomic mass is 32.2. The Bertz CT molecular complexity index is 2050. The van der Waals surface area contributed by atoms with Crippen molar-refractivity contribution in [1.29, 1.82) is 0 Å². The molecule has 256 valence electrons. The van der Waals surface area contributed by atoms with E-state index in [1.54, 1.807) is 0 Å². The SMILES string of the molecule is CC(C)C(=O)Oc1ccc([S+](c2ccccc2)c2ccc(-c3ccc([S+](c4ccccc4)c4ccc(OC(=O)C(C)(C)C)cc4)cc3)cc2)cc1. The molecule has 2 unspecified atom stereocenters. The molecule has 6 aromatic carbocycles. The summed E-state index contributed by atoms with van der Waals surface area (Å²) in [5.74, 6) is 0.431. The summed E-state index contributed by atoms with van der Waals surface area (Å²) in [6, 6.07) is 54.4. The molecule has 0 radical (unpaired) electrons. The van der Waals surface area contributed by atoms with Gasteiger partial charge in [-0.05, 0) is 153 Å². The number of hydrogen-bond acceptors (Lipinski definition) is 4. The Balaban J connectivity index is 1.25. The summed E-state index contributed by atoms with van der Waals surface area (Å²) in [5, 5.41) is 0. The minimum atomic E-state index is -0.572. The molecule has 6 aromatic rings. The largest absolute Gasteiger partial charge is 0.426 e. The Morgan fingerprint density at radius 1 is 0.451 bits per heavy atom. The average molecular weight is 711 g/mol. The number of rotatable bonds is 10. The lowest BCUT2D eigenvalue weighted by molar-refractivity contribution is -0.143. The zero-order chi connectivity index (χ0) is 36.0. The van der Waals surface area contributed by atoms with Crippen LogP contribution in [0.3, 0.4) is 0 Å². The minimum Gasteiger partial charge on any atom is -0.426 e. The van der Waals surface area contributed by atoms with Crippen LogP contribution in [0.2, 0.25) is 0 Å². The van der Waals surface area contributed by atoms with Gasteiger partial charge in [0.2, 0.25) is 0 Å². The summed E-state index contributed by atoms with van der Waals surface area (Å²) < 4.78 is 11.2. The maximum atomic E-state index is 12.5. The van der Waals surface area contributed by atoms with Crippen LogP contribution in [0.15, 0.2) is 187 Å². The summed E-state index contributed by atoms with van der Waals surface area (Å²) in [6.45, 7) is 9.23. The smallest absolute Gasteiger partial charge is 0.316 e. The lowest BCUT2D eigenvalue weighted by Gasteiger charge is -2.16. The predicted octanol–water partition coefficient (Wildman–Crippen LogP) is 11.1.